The topological polar surface area (TPSA) is 58.6 Å². The maximum absolute atomic E-state index is 13.6. The van der Waals surface area contributed by atoms with E-state index >= 15 is 0 Å². The molecule has 0 spiro atoms. The molecule has 1 aliphatic heterocycles. The molecule has 2 aromatic carbocycles. The van der Waals surface area contributed by atoms with Gasteiger partial charge in [-0.15, -0.1) is 0 Å². The number of anilines is 1. The molecular weight excluding hydrogens is 335 g/mol. The van der Waals surface area contributed by atoms with Crippen molar-refractivity contribution in [1.29, 1.82) is 0 Å². The van der Waals surface area contributed by atoms with Gasteiger partial charge in [-0.1, -0.05) is 18.2 Å². The number of ether oxygens (including phenoxy) is 1. The molecule has 1 N–H and O–H groups in total. The number of carbonyl (C=O) groups is 2. The van der Waals surface area contributed by atoms with E-state index in [-0.39, 0.29) is 24.3 Å². The molecule has 1 heterocycles. The Hall–Kier alpha value is -2.73. The maximum atomic E-state index is 13.6. The number of benzene rings is 2. The summed E-state index contributed by atoms with van der Waals surface area (Å²) in [6, 6.07) is 12.9. The minimum atomic E-state index is -0.400. The van der Waals surface area contributed by atoms with Gasteiger partial charge in [0, 0.05) is 24.3 Å². The van der Waals surface area contributed by atoms with Crippen molar-refractivity contribution in [1.82, 2.24) is 4.90 Å². The predicted molar refractivity (Wildman–Crippen MR) is 96.5 cm³/mol. The van der Waals surface area contributed by atoms with Crippen LogP contribution < -0.4 is 5.32 Å². The van der Waals surface area contributed by atoms with Crippen LogP contribution in [0, 0.1) is 5.82 Å². The van der Waals surface area contributed by atoms with E-state index in [0.717, 1.165) is 0 Å². The number of rotatable bonds is 4. The summed E-state index contributed by atoms with van der Waals surface area (Å²) < 4.78 is 19.0. The second-order valence-electron chi connectivity index (χ2n) is 6.33. The summed E-state index contributed by atoms with van der Waals surface area (Å²) in [5, 5.41) is 2.72. The third-order valence-corrected chi connectivity index (χ3v) is 4.25. The number of hydrogen-bond donors (Lipinski definition) is 1. The zero-order valence-corrected chi connectivity index (χ0v) is 14.6. The normalized spacial score (nSPS) is 17.0. The smallest absolute Gasteiger partial charge is 0.254 e. The molecule has 3 rings (SSSR count). The summed E-state index contributed by atoms with van der Waals surface area (Å²) in [5.41, 5.74) is 1.47. The number of nitrogens with one attached hydrogen (secondary N) is 1. The van der Waals surface area contributed by atoms with Gasteiger partial charge < -0.3 is 15.0 Å². The highest BCUT2D eigenvalue weighted by atomic mass is 19.1. The van der Waals surface area contributed by atoms with E-state index in [0.29, 0.717) is 36.5 Å². The Labute approximate surface area is 151 Å². The first-order chi connectivity index (χ1) is 12.5. The quantitative estimate of drug-likeness (QED) is 0.916. The summed E-state index contributed by atoms with van der Waals surface area (Å²) in [7, 11) is 0. The molecule has 0 saturated carbocycles. The molecule has 1 fully saturated rings. The lowest BCUT2D eigenvalue weighted by molar-refractivity contribution is -0.115. The van der Waals surface area contributed by atoms with Crippen LogP contribution in [0.15, 0.2) is 48.5 Å². The Bertz CT molecular complexity index is 792. The average molecular weight is 356 g/mol. The van der Waals surface area contributed by atoms with Gasteiger partial charge in [0.05, 0.1) is 19.1 Å². The van der Waals surface area contributed by atoms with Gasteiger partial charge in [0.2, 0.25) is 5.91 Å². The Morgan fingerprint density at radius 1 is 1.19 bits per heavy atom. The fourth-order valence-electron chi connectivity index (χ4n) is 2.90. The van der Waals surface area contributed by atoms with Gasteiger partial charge in [-0.25, -0.2) is 4.39 Å². The highest BCUT2D eigenvalue weighted by molar-refractivity contribution is 5.96. The fourth-order valence-corrected chi connectivity index (χ4v) is 2.90. The van der Waals surface area contributed by atoms with Crippen LogP contribution >= 0.6 is 0 Å². The first kappa shape index (κ1) is 18.1. The lowest BCUT2D eigenvalue weighted by Gasteiger charge is -2.31. The van der Waals surface area contributed by atoms with E-state index in [9.17, 15) is 14.0 Å². The van der Waals surface area contributed by atoms with E-state index in [1.165, 1.54) is 6.07 Å². The third kappa shape index (κ3) is 4.46. The minimum Gasteiger partial charge on any atom is -0.375 e. The fraction of sp³-hybridized carbons (Fsp3) is 0.300. The minimum absolute atomic E-state index is 0.0321. The third-order valence-electron chi connectivity index (χ3n) is 4.25. The second-order valence-corrected chi connectivity index (χ2v) is 6.33. The van der Waals surface area contributed by atoms with Gasteiger partial charge in [-0.3, -0.25) is 9.59 Å². The highest BCUT2D eigenvalue weighted by Gasteiger charge is 2.22. The molecule has 2 amide bonds. The molecule has 0 bridgehead atoms. The first-order valence-corrected chi connectivity index (χ1v) is 8.57. The monoisotopic (exact) mass is 356 g/mol. The van der Waals surface area contributed by atoms with Gasteiger partial charge in [0.15, 0.2) is 0 Å². The molecule has 136 valence electrons. The zero-order chi connectivity index (χ0) is 18.5. The summed E-state index contributed by atoms with van der Waals surface area (Å²) in [5.74, 6) is -0.760. The Balaban J connectivity index is 1.59. The number of nitrogens with zero attached hydrogens (tertiary/aromatic N) is 1. The molecule has 26 heavy (non-hydrogen) atoms. The molecule has 5 nitrogen and oxygen atoms in total. The van der Waals surface area contributed by atoms with E-state index in [4.69, 9.17) is 4.74 Å². The lowest BCUT2D eigenvalue weighted by atomic mass is 10.1. The van der Waals surface area contributed by atoms with Crippen LogP contribution in [0.25, 0.3) is 0 Å². The van der Waals surface area contributed by atoms with Crippen molar-refractivity contribution in [3.63, 3.8) is 0 Å². The van der Waals surface area contributed by atoms with Gasteiger partial charge in [0.25, 0.3) is 5.91 Å². The van der Waals surface area contributed by atoms with E-state index < -0.39 is 5.82 Å². The molecule has 1 atom stereocenters. The van der Waals surface area contributed by atoms with Crippen LogP contribution in [-0.4, -0.2) is 42.5 Å². The number of morpholine rings is 1. The van der Waals surface area contributed by atoms with Crippen LogP contribution in [0.4, 0.5) is 10.1 Å². The predicted octanol–water partition coefficient (Wildman–Crippen LogP) is 2.87. The van der Waals surface area contributed by atoms with Crippen LogP contribution in [0.3, 0.4) is 0 Å². The van der Waals surface area contributed by atoms with Crippen molar-refractivity contribution in [3.8, 4) is 0 Å². The molecule has 1 unspecified atom stereocenters. The Kier molecular flexibility index (Phi) is 5.63. The van der Waals surface area contributed by atoms with Crippen LogP contribution in [-0.2, 0) is 16.0 Å². The van der Waals surface area contributed by atoms with E-state index in [1.807, 2.05) is 6.92 Å². The van der Waals surface area contributed by atoms with Crippen molar-refractivity contribution < 1.29 is 18.7 Å². The standard InChI is InChI=1S/C20H21FN2O3/c1-14-13-23(10-11-26-14)20(25)15-6-8-17(9-7-15)22-19(24)12-16-4-2-3-5-18(16)21/h2-9,14H,10-13H2,1H3,(H,22,24). The number of amides is 2. The SMILES string of the molecule is CC1CN(C(=O)c2ccc(NC(=O)Cc3ccccc3F)cc2)CCO1. The second kappa shape index (κ2) is 8.10. The molecule has 1 aliphatic rings. The molecule has 6 heteroatoms. The molecular formula is C20H21FN2O3. The molecule has 0 aromatic heterocycles. The molecule has 0 aliphatic carbocycles. The first-order valence-electron chi connectivity index (χ1n) is 8.57. The summed E-state index contributed by atoms with van der Waals surface area (Å²) >= 11 is 0. The van der Waals surface area contributed by atoms with Gasteiger partial charge in [-0.05, 0) is 42.8 Å². The van der Waals surface area contributed by atoms with E-state index in [2.05, 4.69) is 5.32 Å². The maximum Gasteiger partial charge on any atom is 0.254 e. The molecule has 0 radical (unpaired) electrons. The average Bonchev–Trinajstić information content (AvgIpc) is 2.64. The van der Waals surface area contributed by atoms with Gasteiger partial charge >= 0.3 is 0 Å². The van der Waals surface area contributed by atoms with Crippen molar-refractivity contribution in [2.24, 2.45) is 0 Å². The zero-order valence-electron chi connectivity index (χ0n) is 14.6. The molecule has 2 aromatic rings. The van der Waals surface area contributed by atoms with Crippen molar-refractivity contribution >= 4 is 17.5 Å². The van der Waals surface area contributed by atoms with Gasteiger partial charge in [-0.2, -0.15) is 0 Å². The van der Waals surface area contributed by atoms with Gasteiger partial charge in [0.1, 0.15) is 5.82 Å². The number of halogens is 1. The van der Waals surface area contributed by atoms with Crippen LogP contribution in [0.2, 0.25) is 0 Å². The van der Waals surface area contributed by atoms with Crippen LogP contribution in [0.1, 0.15) is 22.8 Å². The van der Waals surface area contributed by atoms with Crippen molar-refractivity contribution in [2.75, 3.05) is 25.0 Å². The molecule has 1 saturated heterocycles. The summed E-state index contributed by atoms with van der Waals surface area (Å²) in [6.07, 6.45) is -0.0106. The van der Waals surface area contributed by atoms with E-state index in [1.54, 1.807) is 47.4 Å². The van der Waals surface area contributed by atoms with Crippen LogP contribution in [0.5, 0.6) is 0 Å². The lowest BCUT2D eigenvalue weighted by Crippen LogP contribution is -2.44. The van der Waals surface area contributed by atoms with Crippen molar-refractivity contribution in [3.05, 3.63) is 65.5 Å². The summed E-state index contributed by atoms with van der Waals surface area (Å²) in [4.78, 5) is 26.3. The largest absolute Gasteiger partial charge is 0.375 e. The number of carbonyl (C=O) groups excluding carboxylic acids is 2. The Morgan fingerprint density at radius 2 is 1.92 bits per heavy atom. The Morgan fingerprint density at radius 3 is 2.62 bits per heavy atom. The van der Waals surface area contributed by atoms with Crippen molar-refractivity contribution in [2.45, 2.75) is 19.4 Å². The summed E-state index contributed by atoms with van der Waals surface area (Å²) in [6.45, 7) is 3.62. The number of hydrogen-bond acceptors (Lipinski definition) is 3. The highest BCUT2D eigenvalue weighted by Crippen LogP contribution is 2.15.